The van der Waals surface area contributed by atoms with Gasteiger partial charge in [0.2, 0.25) is 0 Å². The molecule has 0 saturated carbocycles. The fraction of sp³-hybridized carbons (Fsp3) is 0.296. The second kappa shape index (κ2) is 11.3. The van der Waals surface area contributed by atoms with Crippen molar-refractivity contribution in [3.8, 4) is 22.6 Å². The summed E-state index contributed by atoms with van der Waals surface area (Å²) in [6.07, 6.45) is 2.03. The topological polar surface area (TPSA) is 55.8 Å². The Labute approximate surface area is 188 Å². The Hall–Kier alpha value is -3.34. The van der Waals surface area contributed by atoms with Gasteiger partial charge < -0.3 is 14.6 Å². The average molecular weight is 437 g/mol. The van der Waals surface area contributed by atoms with Crippen LogP contribution in [0.3, 0.4) is 0 Å². The highest BCUT2D eigenvalue weighted by atomic mass is 19.1. The summed E-state index contributed by atoms with van der Waals surface area (Å²) in [5.74, 6) is 0.181. The van der Waals surface area contributed by atoms with Crippen LogP contribution < -0.4 is 9.47 Å². The van der Waals surface area contributed by atoms with E-state index in [1.165, 1.54) is 12.1 Å². The Morgan fingerprint density at radius 1 is 1.03 bits per heavy atom. The van der Waals surface area contributed by atoms with Crippen molar-refractivity contribution in [3.63, 3.8) is 0 Å². The van der Waals surface area contributed by atoms with Crippen LogP contribution in [-0.4, -0.2) is 17.7 Å². The van der Waals surface area contributed by atoms with Crippen molar-refractivity contribution in [2.45, 2.75) is 45.6 Å². The summed E-state index contributed by atoms with van der Waals surface area (Å²) in [6.45, 7) is 4.92. The van der Waals surface area contributed by atoms with E-state index in [2.05, 4.69) is 6.92 Å². The molecular weight excluding hydrogens is 407 g/mol. The van der Waals surface area contributed by atoms with E-state index in [1.807, 2.05) is 55.5 Å². The molecule has 5 heteroatoms. The molecule has 0 bridgehead atoms. The van der Waals surface area contributed by atoms with E-state index in [4.69, 9.17) is 14.6 Å². The molecule has 0 saturated heterocycles. The van der Waals surface area contributed by atoms with Crippen LogP contribution in [0, 0.1) is 5.82 Å². The highest BCUT2D eigenvalue weighted by molar-refractivity contribution is 5.71. The molecule has 1 N–H and O–H groups in total. The van der Waals surface area contributed by atoms with Crippen LogP contribution in [0.2, 0.25) is 0 Å². The Balaban J connectivity index is 1.77. The number of unbranched alkanes of at least 4 members (excludes halogenated alkanes) is 1. The molecule has 0 radical (unpaired) electrons. The predicted octanol–water partition coefficient (Wildman–Crippen LogP) is 6.83. The van der Waals surface area contributed by atoms with Gasteiger partial charge in [0, 0.05) is 5.56 Å². The van der Waals surface area contributed by atoms with Crippen LogP contribution in [0.25, 0.3) is 11.1 Å². The van der Waals surface area contributed by atoms with Gasteiger partial charge in [0.05, 0.1) is 13.0 Å². The van der Waals surface area contributed by atoms with Gasteiger partial charge in [0.1, 0.15) is 23.9 Å². The van der Waals surface area contributed by atoms with E-state index < -0.39 is 5.97 Å². The maximum absolute atomic E-state index is 13.7. The molecule has 3 aromatic rings. The zero-order valence-electron chi connectivity index (χ0n) is 18.5. The summed E-state index contributed by atoms with van der Waals surface area (Å²) in [7, 11) is 0. The van der Waals surface area contributed by atoms with E-state index in [0.29, 0.717) is 24.7 Å². The smallest absolute Gasteiger partial charge is 0.303 e. The average Bonchev–Trinajstić information content (AvgIpc) is 2.78. The maximum Gasteiger partial charge on any atom is 0.303 e. The fourth-order valence-electron chi connectivity index (χ4n) is 3.45. The quantitative estimate of drug-likeness (QED) is 0.335. The molecule has 3 rings (SSSR count). The normalized spacial score (nSPS) is 11.7. The van der Waals surface area contributed by atoms with Crippen molar-refractivity contribution in [3.05, 3.63) is 83.7 Å². The molecule has 0 heterocycles. The van der Waals surface area contributed by atoms with Crippen molar-refractivity contribution in [1.29, 1.82) is 0 Å². The van der Waals surface area contributed by atoms with Crippen LogP contribution in [0.4, 0.5) is 4.39 Å². The second-order valence-electron chi connectivity index (χ2n) is 7.90. The number of carboxylic acid groups (broad SMARTS) is 1. The van der Waals surface area contributed by atoms with Crippen molar-refractivity contribution in [2.24, 2.45) is 0 Å². The molecule has 0 amide bonds. The monoisotopic (exact) mass is 436 g/mol. The first-order valence-corrected chi connectivity index (χ1v) is 10.9. The van der Waals surface area contributed by atoms with E-state index >= 15 is 0 Å². The van der Waals surface area contributed by atoms with Crippen LogP contribution in [-0.2, 0) is 11.4 Å². The number of benzene rings is 3. The van der Waals surface area contributed by atoms with E-state index in [1.54, 1.807) is 6.07 Å². The van der Waals surface area contributed by atoms with Crippen LogP contribution in [0.5, 0.6) is 11.5 Å². The first-order valence-electron chi connectivity index (χ1n) is 10.9. The van der Waals surface area contributed by atoms with Gasteiger partial charge in [-0.05, 0) is 59.4 Å². The molecule has 168 valence electrons. The number of halogens is 1. The SMILES string of the molecule is CCCCOc1cc(COc2cccc([C@H](C)CC(=O)O)c2)ccc1-c1cccc(F)c1. The minimum Gasteiger partial charge on any atom is -0.493 e. The lowest BCUT2D eigenvalue weighted by Crippen LogP contribution is -2.03. The van der Waals surface area contributed by atoms with Crippen molar-refractivity contribution < 1.29 is 23.8 Å². The van der Waals surface area contributed by atoms with E-state index in [-0.39, 0.29) is 18.2 Å². The van der Waals surface area contributed by atoms with Crippen LogP contribution in [0.1, 0.15) is 50.2 Å². The van der Waals surface area contributed by atoms with Crippen molar-refractivity contribution in [1.82, 2.24) is 0 Å². The molecule has 0 aliphatic carbocycles. The molecule has 0 aliphatic rings. The molecule has 0 aromatic heterocycles. The lowest BCUT2D eigenvalue weighted by Gasteiger charge is -2.15. The molecule has 4 nitrogen and oxygen atoms in total. The third-order valence-electron chi connectivity index (χ3n) is 5.25. The predicted molar refractivity (Wildman–Crippen MR) is 124 cm³/mol. The third-order valence-corrected chi connectivity index (χ3v) is 5.25. The van der Waals surface area contributed by atoms with Gasteiger partial charge in [0.15, 0.2) is 0 Å². The number of carboxylic acids is 1. The highest BCUT2D eigenvalue weighted by Gasteiger charge is 2.12. The van der Waals surface area contributed by atoms with Gasteiger partial charge in [0.25, 0.3) is 0 Å². The summed E-state index contributed by atoms with van der Waals surface area (Å²) in [4.78, 5) is 11.0. The molecule has 0 fully saturated rings. The fourth-order valence-corrected chi connectivity index (χ4v) is 3.45. The minimum atomic E-state index is -0.821. The number of rotatable bonds is 11. The van der Waals surface area contributed by atoms with Crippen molar-refractivity contribution in [2.75, 3.05) is 6.61 Å². The van der Waals surface area contributed by atoms with Gasteiger partial charge >= 0.3 is 5.97 Å². The van der Waals surface area contributed by atoms with Gasteiger partial charge in [-0.15, -0.1) is 0 Å². The number of hydrogen-bond donors (Lipinski definition) is 1. The van der Waals surface area contributed by atoms with Crippen LogP contribution in [0.15, 0.2) is 66.7 Å². The molecule has 0 aliphatic heterocycles. The summed E-state index contributed by atoms with van der Waals surface area (Å²) in [5, 5.41) is 9.03. The van der Waals surface area contributed by atoms with Gasteiger partial charge in [-0.25, -0.2) is 4.39 Å². The van der Waals surface area contributed by atoms with Gasteiger partial charge in [-0.2, -0.15) is 0 Å². The number of carbonyl (C=O) groups is 1. The number of aliphatic carboxylic acids is 1. The Morgan fingerprint density at radius 3 is 2.59 bits per heavy atom. The van der Waals surface area contributed by atoms with E-state index in [9.17, 15) is 9.18 Å². The summed E-state index contributed by atoms with van der Waals surface area (Å²) in [6, 6.07) is 19.8. The Morgan fingerprint density at radius 2 is 1.84 bits per heavy atom. The molecular formula is C27H29FO4. The first kappa shape index (κ1) is 23.3. The van der Waals surface area contributed by atoms with E-state index in [0.717, 1.165) is 35.1 Å². The first-order chi connectivity index (χ1) is 15.5. The summed E-state index contributed by atoms with van der Waals surface area (Å²) >= 11 is 0. The number of hydrogen-bond acceptors (Lipinski definition) is 3. The zero-order valence-corrected chi connectivity index (χ0v) is 18.5. The Kier molecular flexibility index (Phi) is 8.26. The largest absolute Gasteiger partial charge is 0.493 e. The number of ether oxygens (including phenoxy) is 2. The summed E-state index contributed by atoms with van der Waals surface area (Å²) < 4.78 is 25.7. The highest BCUT2D eigenvalue weighted by Crippen LogP contribution is 2.32. The molecule has 0 unspecified atom stereocenters. The standard InChI is InChI=1S/C27H29FO4/c1-3-4-13-31-26-15-20(11-12-25(26)22-8-5-9-23(28)16-22)18-32-24-10-6-7-21(17-24)19(2)14-27(29)30/h5-12,15-17,19H,3-4,13-14,18H2,1-2H3,(H,29,30)/t19-/m1/s1. The molecule has 0 spiro atoms. The van der Waals surface area contributed by atoms with Crippen molar-refractivity contribution >= 4 is 5.97 Å². The van der Waals surface area contributed by atoms with Gasteiger partial charge in [-0.1, -0.05) is 56.7 Å². The minimum absolute atomic E-state index is 0.0729. The van der Waals surface area contributed by atoms with Crippen LogP contribution >= 0.6 is 0 Å². The summed E-state index contributed by atoms with van der Waals surface area (Å²) in [5.41, 5.74) is 3.47. The molecule has 3 aromatic carbocycles. The lowest BCUT2D eigenvalue weighted by molar-refractivity contribution is -0.137. The molecule has 1 atom stereocenters. The lowest BCUT2D eigenvalue weighted by atomic mass is 9.98. The molecule has 32 heavy (non-hydrogen) atoms. The third kappa shape index (κ3) is 6.58. The Bertz CT molecular complexity index is 1050. The zero-order chi connectivity index (χ0) is 22.9. The maximum atomic E-state index is 13.7. The van der Waals surface area contributed by atoms with Gasteiger partial charge in [-0.3, -0.25) is 4.79 Å². The second-order valence-corrected chi connectivity index (χ2v) is 7.90.